The summed E-state index contributed by atoms with van der Waals surface area (Å²) in [6.45, 7) is 5.39. The first-order valence-electron chi connectivity index (χ1n) is 9.68. The maximum absolute atomic E-state index is 14.3. The van der Waals surface area contributed by atoms with E-state index in [1.54, 1.807) is 20.8 Å². The molecular formula is C22H22F3N3O3. The number of amides is 1. The monoisotopic (exact) mass is 433 g/mol. The summed E-state index contributed by atoms with van der Waals surface area (Å²) in [7, 11) is 0. The van der Waals surface area contributed by atoms with E-state index in [1.807, 2.05) is 0 Å². The van der Waals surface area contributed by atoms with Crippen LogP contribution in [0.3, 0.4) is 0 Å². The van der Waals surface area contributed by atoms with Crippen molar-refractivity contribution in [2.24, 2.45) is 0 Å². The Morgan fingerprint density at radius 3 is 2.45 bits per heavy atom. The lowest BCUT2D eigenvalue weighted by atomic mass is 10.2. The number of rotatable bonds is 5. The summed E-state index contributed by atoms with van der Waals surface area (Å²) in [4.78, 5) is 29.1. The number of nitrogens with zero attached hydrogens (tertiary/aromatic N) is 2. The van der Waals surface area contributed by atoms with Gasteiger partial charge in [0, 0.05) is 19.0 Å². The van der Waals surface area contributed by atoms with Crippen LogP contribution in [0.15, 0.2) is 41.2 Å². The molecule has 31 heavy (non-hydrogen) atoms. The molecule has 2 aromatic carbocycles. The van der Waals surface area contributed by atoms with Crippen LogP contribution < -0.4 is 10.9 Å². The third kappa shape index (κ3) is 5.42. The molecule has 3 aromatic rings. The molecule has 0 saturated carbocycles. The van der Waals surface area contributed by atoms with Crippen molar-refractivity contribution < 1.29 is 22.7 Å². The quantitative estimate of drug-likeness (QED) is 0.611. The molecule has 0 atom stereocenters. The molecule has 0 spiro atoms. The van der Waals surface area contributed by atoms with Crippen LogP contribution in [0.5, 0.6) is 0 Å². The third-order valence-electron chi connectivity index (χ3n) is 4.27. The Kier molecular flexibility index (Phi) is 6.33. The van der Waals surface area contributed by atoms with Crippen molar-refractivity contribution in [1.82, 2.24) is 14.9 Å². The molecule has 1 aromatic heterocycles. The number of fused-ring (bicyclic) bond motifs is 1. The third-order valence-corrected chi connectivity index (χ3v) is 4.27. The molecule has 0 bridgehead atoms. The molecule has 9 heteroatoms. The van der Waals surface area contributed by atoms with Gasteiger partial charge in [-0.25, -0.2) is 22.9 Å². The highest BCUT2D eigenvalue weighted by atomic mass is 19.1. The largest absolute Gasteiger partial charge is 0.444 e. The van der Waals surface area contributed by atoms with Crippen LogP contribution >= 0.6 is 0 Å². The second-order valence-electron chi connectivity index (χ2n) is 7.96. The molecule has 0 aliphatic carbocycles. The molecule has 1 N–H and O–H groups in total. The van der Waals surface area contributed by atoms with Crippen molar-refractivity contribution in [3.05, 3.63) is 70.0 Å². The van der Waals surface area contributed by atoms with Gasteiger partial charge in [0.25, 0.3) is 5.56 Å². The normalized spacial score (nSPS) is 11.5. The van der Waals surface area contributed by atoms with Gasteiger partial charge in [0.05, 0.1) is 11.1 Å². The zero-order valence-corrected chi connectivity index (χ0v) is 17.3. The van der Waals surface area contributed by atoms with Gasteiger partial charge in [0.1, 0.15) is 34.4 Å². The van der Waals surface area contributed by atoms with E-state index in [2.05, 4.69) is 10.3 Å². The lowest BCUT2D eigenvalue weighted by Gasteiger charge is -2.19. The van der Waals surface area contributed by atoms with Gasteiger partial charge in [-0.1, -0.05) is 6.07 Å². The van der Waals surface area contributed by atoms with E-state index in [1.165, 1.54) is 18.2 Å². The lowest BCUT2D eigenvalue weighted by Crippen LogP contribution is -2.33. The van der Waals surface area contributed by atoms with Crippen LogP contribution in [-0.2, 0) is 11.2 Å². The fourth-order valence-corrected chi connectivity index (χ4v) is 3.07. The summed E-state index contributed by atoms with van der Waals surface area (Å²) < 4.78 is 48.0. The summed E-state index contributed by atoms with van der Waals surface area (Å²) in [5, 5.41) is 2.57. The number of hydrogen-bond donors (Lipinski definition) is 1. The van der Waals surface area contributed by atoms with Gasteiger partial charge < -0.3 is 10.1 Å². The van der Waals surface area contributed by atoms with Gasteiger partial charge in [0.15, 0.2) is 0 Å². The molecule has 3 rings (SSSR count). The Bertz CT molecular complexity index is 1170. The minimum atomic E-state index is -0.862. The number of benzene rings is 2. The SMILES string of the molecule is CC(C)(C)OC(=O)NCCCc1nc2c(F)cccc2c(=O)n1-c1cc(F)cc(F)c1. The van der Waals surface area contributed by atoms with E-state index < -0.39 is 34.7 Å². The smallest absolute Gasteiger partial charge is 0.407 e. The van der Waals surface area contributed by atoms with Crippen LogP contribution in [0.1, 0.15) is 33.0 Å². The van der Waals surface area contributed by atoms with Crippen molar-refractivity contribution in [3.8, 4) is 5.69 Å². The molecular weight excluding hydrogens is 411 g/mol. The molecule has 164 valence electrons. The van der Waals surface area contributed by atoms with Crippen LogP contribution in [0.25, 0.3) is 16.6 Å². The Hall–Kier alpha value is -3.36. The van der Waals surface area contributed by atoms with Crippen LogP contribution in [0, 0.1) is 17.5 Å². The number of aromatic nitrogens is 2. The highest BCUT2D eigenvalue weighted by Gasteiger charge is 2.18. The summed E-state index contributed by atoms with van der Waals surface area (Å²) in [6.07, 6.45) is -0.147. The van der Waals surface area contributed by atoms with Crippen molar-refractivity contribution >= 4 is 17.0 Å². The number of hydrogen-bond acceptors (Lipinski definition) is 4. The summed E-state index contributed by atoms with van der Waals surface area (Å²) in [5.41, 5.74) is -1.49. The summed E-state index contributed by atoms with van der Waals surface area (Å²) in [5.74, 6) is -2.29. The van der Waals surface area contributed by atoms with Crippen molar-refractivity contribution in [1.29, 1.82) is 0 Å². The van der Waals surface area contributed by atoms with E-state index in [4.69, 9.17) is 4.74 Å². The van der Waals surface area contributed by atoms with Gasteiger partial charge in [-0.05, 0) is 51.5 Å². The van der Waals surface area contributed by atoms with Gasteiger partial charge >= 0.3 is 6.09 Å². The van der Waals surface area contributed by atoms with Gasteiger partial charge in [-0.2, -0.15) is 0 Å². The molecule has 0 unspecified atom stereocenters. The second-order valence-corrected chi connectivity index (χ2v) is 7.96. The first-order chi connectivity index (χ1) is 14.5. The standard InChI is InChI=1S/C22H22F3N3O3/c1-22(2,3)31-21(30)26-9-5-8-18-27-19-16(6-4-7-17(19)25)20(29)28(18)15-11-13(23)10-14(24)12-15/h4,6-7,10-12H,5,8-9H2,1-3H3,(H,26,30). The van der Waals surface area contributed by atoms with E-state index in [-0.39, 0.29) is 35.4 Å². The lowest BCUT2D eigenvalue weighted by molar-refractivity contribution is 0.0527. The summed E-state index contributed by atoms with van der Waals surface area (Å²) in [6, 6.07) is 6.62. The van der Waals surface area contributed by atoms with Crippen molar-refractivity contribution in [2.75, 3.05) is 6.54 Å². The van der Waals surface area contributed by atoms with E-state index >= 15 is 0 Å². The molecule has 1 heterocycles. The highest BCUT2D eigenvalue weighted by Crippen LogP contribution is 2.18. The Balaban J connectivity index is 1.94. The van der Waals surface area contributed by atoms with Crippen LogP contribution in [0.2, 0.25) is 0 Å². The van der Waals surface area contributed by atoms with E-state index in [0.717, 1.165) is 16.7 Å². The second kappa shape index (κ2) is 8.79. The zero-order valence-electron chi connectivity index (χ0n) is 17.3. The average molecular weight is 433 g/mol. The molecule has 0 fully saturated rings. The number of alkyl carbamates (subject to hydrolysis) is 1. The number of ether oxygens (including phenoxy) is 1. The number of halogens is 3. The maximum Gasteiger partial charge on any atom is 0.407 e. The van der Waals surface area contributed by atoms with E-state index in [9.17, 15) is 22.8 Å². The van der Waals surface area contributed by atoms with Crippen molar-refractivity contribution in [3.63, 3.8) is 0 Å². The number of para-hydroxylation sites is 1. The van der Waals surface area contributed by atoms with Crippen LogP contribution in [0.4, 0.5) is 18.0 Å². The van der Waals surface area contributed by atoms with Gasteiger partial charge in [0.2, 0.25) is 0 Å². The molecule has 6 nitrogen and oxygen atoms in total. The van der Waals surface area contributed by atoms with E-state index in [0.29, 0.717) is 12.5 Å². The number of carbonyl (C=O) groups is 1. The molecule has 0 radical (unpaired) electrons. The average Bonchev–Trinajstić information content (AvgIpc) is 2.64. The minimum Gasteiger partial charge on any atom is -0.444 e. The van der Waals surface area contributed by atoms with Crippen molar-refractivity contribution in [2.45, 2.75) is 39.2 Å². The topological polar surface area (TPSA) is 73.2 Å². The predicted octanol–water partition coefficient (Wildman–Crippen LogP) is 4.26. The molecule has 0 aliphatic rings. The molecule has 1 amide bonds. The Labute approximate surface area is 176 Å². The first kappa shape index (κ1) is 22.3. The number of carbonyl (C=O) groups excluding carboxylic acids is 1. The molecule has 0 saturated heterocycles. The Morgan fingerprint density at radius 2 is 1.81 bits per heavy atom. The minimum absolute atomic E-state index is 0.0136. The Morgan fingerprint density at radius 1 is 1.13 bits per heavy atom. The van der Waals surface area contributed by atoms with Crippen LogP contribution in [-0.4, -0.2) is 27.8 Å². The molecule has 0 aliphatic heterocycles. The maximum atomic E-state index is 14.3. The number of aryl methyl sites for hydroxylation is 1. The number of nitrogens with one attached hydrogen (secondary N) is 1. The highest BCUT2D eigenvalue weighted by molar-refractivity contribution is 5.78. The van der Waals surface area contributed by atoms with Gasteiger partial charge in [-0.3, -0.25) is 9.36 Å². The zero-order chi connectivity index (χ0) is 22.8. The fourth-order valence-electron chi connectivity index (χ4n) is 3.07. The summed E-state index contributed by atoms with van der Waals surface area (Å²) >= 11 is 0. The predicted molar refractivity (Wildman–Crippen MR) is 110 cm³/mol. The fraction of sp³-hybridized carbons (Fsp3) is 0.318. The van der Waals surface area contributed by atoms with Gasteiger partial charge in [-0.15, -0.1) is 0 Å². The first-order valence-corrected chi connectivity index (χ1v) is 9.68.